The lowest BCUT2D eigenvalue weighted by Gasteiger charge is -2.32. The molecule has 1 N–H and O–H groups in total. The number of halogens is 1. The maximum absolute atomic E-state index is 13.1. The second-order valence-corrected chi connectivity index (χ2v) is 6.61. The summed E-state index contributed by atoms with van der Waals surface area (Å²) in [6.45, 7) is 3.06. The van der Waals surface area contributed by atoms with E-state index in [1.54, 1.807) is 17.0 Å². The minimum absolute atomic E-state index is 0.0603. The lowest BCUT2D eigenvalue weighted by molar-refractivity contribution is -0.134. The fourth-order valence-corrected chi connectivity index (χ4v) is 3.30. The van der Waals surface area contributed by atoms with Gasteiger partial charge in [-0.15, -0.1) is 0 Å². The molecule has 3 rings (SSSR count). The Morgan fingerprint density at radius 2 is 1.92 bits per heavy atom. The van der Waals surface area contributed by atoms with Crippen LogP contribution in [0.15, 0.2) is 48.5 Å². The molecule has 1 heterocycles. The van der Waals surface area contributed by atoms with Gasteiger partial charge in [-0.2, -0.15) is 0 Å². The van der Waals surface area contributed by atoms with Gasteiger partial charge in [0.05, 0.1) is 5.92 Å². The minimum Gasteiger partial charge on any atom is -0.342 e. The summed E-state index contributed by atoms with van der Waals surface area (Å²) in [6.07, 6.45) is 2.10. The summed E-state index contributed by atoms with van der Waals surface area (Å²) in [5.74, 6) is -0.425. The molecule has 0 radical (unpaired) electrons. The highest BCUT2D eigenvalue weighted by Crippen LogP contribution is 2.24. The van der Waals surface area contributed by atoms with E-state index in [4.69, 9.17) is 0 Å². The highest BCUT2D eigenvalue weighted by Gasteiger charge is 2.27. The second-order valence-electron chi connectivity index (χ2n) is 6.61. The van der Waals surface area contributed by atoms with E-state index in [1.165, 1.54) is 12.1 Å². The molecule has 1 fully saturated rings. The SMILES string of the molecule is CCC(=O)N1CCC[C@@H](C(=O)Nc2cccc(-c3ccc(F)cc3)c2)C1. The molecule has 1 aliphatic rings. The molecule has 2 amide bonds. The summed E-state index contributed by atoms with van der Waals surface area (Å²) in [7, 11) is 0. The summed E-state index contributed by atoms with van der Waals surface area (Å²) in [4.78, 5) is 26.3. The highest BCUT2D eigenvalue weighted by molar-refractivity contribution is 5.93. The number of likely N-dealkylation sites (tertiary alicyclic amines) is 1. The molecule has 2 aromatic rings. The fourth-order valence-electron chi connectivity index (χ4n) is 3.30. The van der Waals surface area contributed by atoms with Gasteiger partial charge in [-0.25, -0.2) is 4.39 Å². The zero-order chi connectivity index (χ0) is 18.5. The smallest absolute Gasteiger partial charge is 0.229 e. The van der Waals surface area contributed by atoms with Gasteiger partial charge in [0.1, 0.15) is 5.82 Å². The van der Waals surface area contributed by atoms with E-state index < -0.39 is 0 Å². The lowest BCUT2D eigenvalue weighted by atomic mass is 9.96. The fraction of sp³-hybridized carbons (Fsp3) is 0.333. The summed E-state index contributed by atoms with van der Waals surface area (Å²) < 4.78 is 13.1. The molecule has 136 valence electrons. The molecule has 2 aromatic carbocycles. The number of carbonyl (C=O) groups is 2. The standard InChI is InChI=1S/C21H23FN2O2/c1-2-20(25)24-12-4-6-17(14-24)21(26)23-19-7-3-5-16(13-19)15-8-10-18(22)11-9-15/h3,5,7-11,13,17H,2,4,6,12,14H2,1H3,(H,23,26)/t17-/m1/s1. The molecule has 1 atom stereocenters. The Kier molecular flexibility index (Phi) is 5.66. The predicted octanol–water partition coefficient (Wildman–Crippen LogP) is 4.08. The Morgan fingerprint density at radius 3 is 2.65 bits per heavy atom. The average Bonchev–Trinajstić information content (AvgIpc) is 2.68. The number of rotatable bonds is 4. The van der Waals surface area contributed by atoms with Crippen molar-refractivity contribution in [2.75, 3.05) is 18.4 Å². The highest BCUT2D eigenvalue weighted by atomic mass is 19.1. The van der Waals surface area contributed by atoms with Crippen LogP contribution in [0.4, 0.5) is 10.1 Å². The van der Waals surface area contributed by atoms with Crippen molar-refractivity contribution in [3.8, 4) is 11.1 Å². The molecule has 0 saturated carbocycles. The van der Waals surface area contributed by atoms with Crippen molar-refractivity contribution in [3.63, 3.8) is 0 Å². The van der Waals surface area contributed by atoms with Gasteiger partial charge in [-0.1, -0.05) is 31.2 Å². The van der Waals surface area contributed by atoms with Crippen molar-refractivity contribution in [3.05, 3.63) is 54.3 Å². The molecular formula is C21H23FN2O2. The molecule has 5 heteroatoms. The zero-order valence-corrected chi connectivity index (χ0v) is 14.9. The van der Waals surface area contributed by atoms with Crippen molar-refractivity contribution >= 4 is 17.5 Å². The quantitative estimate of drug-likeness (QED) is 0.899. The Balaban J connectivity index is 1.68. The number of benzene rings is 2. The summed E-state index contributed by atoms with van der Waals surface area (Å²) in [6, 6.07) is 13.8. The minimum atomic E-state index is -0.276. The number of amides is 2. The van der Waals surface area contributed by atoms with Crippen LogP contribution in [-0.4, -0.2) is 29.8 Å². The Hall–Kier alpha value is -2.69. The molecule has 0 bridgehead atoms. The van der Waals surface area contributed by atoms with Gasteiger partial charge in [-0.05, 0) is 48.2 Å². The Labute approximate surface area is 153 Å². The molecule has 26 heavy (non-hydrogen) atoms. The number of hydrogen-bond acceptors (Lipinski definition) is 2. The number of carbonyl (C=O) groups excluding carboxylic acids is 2. The molecule has 0 aromatic heterocycles. The molecule has 1 aliphatic heterocycles. The number of nitrogens with one attached hydrogen (secondary N) is 1. The first kappa shape index (κ1) is 18.1. The third-order valence-corrected chi connectivity index (χ3v) is 4.76. The summed E-state index contributed by atoms with van der Waals surface area (Å²) in [5, 5.41) is 2.96. The maximum Gasteiger partial charge on any atom is 0.229 e. The van der Waals surface area contributed by atoms with Crippen LogP contribution in [0, 0.1) is 11.7 Å². The second kappa shape index (κ2) is 8.13. The summed E-state index contributed by atoms with van der Waals surface area (Å²) in [5.41, 5.74) is 2.50. The van der Waals surface area contributed by atoms with Crippen molar-refractivity contribution in [1.82, 2.24) is 4.90 Å². The van der Waals surface area contributed by atoms with Gasteiger partial charge in [0, 0.05) is 25.2 Å². The van der Waals surface area contributed by atoms with Crippen LogP contribution in [0.25, 0.3) is 11.1 Å². The molecule has 0 aliphatic carbocycles. The van der Waals surface area contributed by atoms with E-state index in [1.807, 2.05) is 31.2 Å². The first-order valence-corrected chi connectivity index (χ1v) is 9.01. The van der Waals surface area contributed by atoms with Crippen molar-refractivity contribution in [1.29, 1.82) is 0 Å². The lowest BCUT2D eigenvalue weighted by Crippen LogP contribution is -2.43. The Bertz CT molecular complexity index is 789. The van der Waals surface area contributed by atoms with E-state index >= 15 is 0 Å². The predicted molar refractivity (Wildman–Crippen MR) is 100 cm³/mol. The van der Waals surface area contributed by atoms with Crippen LogP contribution in [-0.2, 0) is 9.59 Å². The van der Waals surface area contributed by atoms with Gasteiger partial charge in [0.2, 0.25) is 11.8 Å². The number of nitrogens with zero attached hydrogens (tertiary/aromatic N) is 1. The third kappa shape index (κ3) is 4.28. The third-order valence-electron chi connectivity index (χ3n) is 4.76. The van der Waals surface area contributed by atoms with Crippen LogP contribution in [0.5, 0.6) is 0 Å². The molecule has 4 nitrogen and oxygen atoms in total. The first-order chi connectivity index (χ1) is 12.6. The van der Waals surface area contributed by atoms with Gasteiger partial charge < -0.3 is 10.2 Å². The monoisotopic (exact) mass is 354 g/mol. The number of hydrogen-bond donors (Lipinski definition) is 1. The van der Waals surface area contributed by atoms with Crippen molar-refractivity contribution < 1.29 is 14.0 Å². The van der Waals surface area contributed by atoms with E-state index in [2.05, 4.69) is 5.32 Å². The molecule has 1 saturated heterocycles. The maximum atomic E-state index is 13.1. The van der Waals surface area contributed by atoms with Crippen LogP contribution in [0.1, 0.15) is 26.2 Å². The topological polar surface area (TPSA) is 49.4 Å². The van der Waals surface area contributed by atoms with E-state index in [-0.39, 0.29) is 23.5 Å². The normalized spacial score (nSPS) is 17.0. The van der Waals surface area contributed by atoms with E-state index in [9.17, 15) is 14.0 Å². The van der Waals surface area contributed by atoms with Crippen molar-refractivity contribution in [2.24, 2.45) is 5.92 Å². The Morgan fingerprint density at radius 1 is 1.15 bits per heavy atom. The zero-order valence-electron chi connectivity index (χ0n) is 14.9. The average molecular weight is 354 g/mol. The van der Waals surface area contributed by atoms with Crippen LogP contribution >= 0.6 is 0 Å². The van der Waals surface area contributed by atoms with Crippen LogP contribution in [0.2, 0.25) is 0 Å². The number of anilines is 1. The first-order valence-electron chi connectivity index (χ1n) is 9.01. The van der Waals surface area contributed by atoms with Crippen LogP contribution in [0.3, 0.4) is 0 Å². The van der Waals surface area contributed by atoms with Gasteiger partial charge in [0.25, 0.3) is 0 Å². The largest absolute Gasteiger partial charge is 0.342 e. The van der Waals surface area contributed by atoms with E-state index in [0.29, 0.717) is 18.7 Å². The summed E-state index contributed by atoms with van der Waals surface area (Å²) >= 11 is 0. The molecule has 0 unspecified atom stereocenters. The molecule has 0 spiro atoms. The van der Waals surface area contributed by atoms with E-state index in [0.717, 1.165) is 30.5 Å². The molecular weight excluding hydrogens is 331 g/mol. The van der Waals surface area contributed by atoms with Gasteiger partial charge >= 0.3 is 0 Å². The van der Waals surface area contributed by atoms with Crippen molar-refractivity contribution in [2.45, 2.75) is 26.2 Å². The van der Waals surface area contributed by atoms with Gasteiger partial charge in [-0.3, -0.25) is 9.59 Å². The van der Waals surface area contributed by atoms with Gasteiger partial charge in [0.15, 0.2) is 0 Å². The number of piperidine rings is 1. The van der Waals surface area contributed by atoms with Crippen LogP contribution < -0.4 is 5.32 Å².